The van der Waals surface area contributed by atoms with E-state index in [1.54, 1.807) is 6.08 Å². The van der Waals surface area contributed by atoms with E-state index in [2.05, 4.69) is 92.1 Å². The van der Waals surface area contributed by atoms with Crippen molar-refractivity contribution < 1.29 is 32.9 Å². The lowest BCUT2D eigenvalue weighted by atomic mass is 10.0. The predicted octanol–water partition coefficient (Wildman–Crippen LogP) is 20.8. The largest absolute Gasteiger partial charge is 0.472 e. The lowest BCUT2D eigenvalue weighted by molar-refractivity contribution is -0.870. The number of carbonyl (C=O) groups excluding carboxylic acids is 1. The van der Waals surface area contributed by atoms with Crippen molar-refractivity contribution in [2.45, 2.75) is 309 Å². The minimum atomic E-state index is -4.35. The van der Waals surface area contributed by atoms with Gasteiger partial charge in [-0.25, -0.2) is 4.57 Å². The topological polar surface area (TPSA) is 105 Å². The van der Waals surface area contributed by atoms with Crippen LogP contribution in [-0.2, 0) is 18.4 Å². The highest BCUT2D eigenvalue weighted by Crippen LogP contribution is 2.43. The Morgan fingerprint density at radius 1 is 0.449 bits per heavy atom. The van der Waals surface area contributed by atoms with Crippen LogP contribution < -0.4 is 5.32 Å². The van der Waals surface area contributed by atoms with Gasteiger partial charge in [0.15, 0.2) is 0 Å². The van der Waals surface area contributed by atoms with Gasteiger partial charge in [-0.15, -0.1) is 0 Å². The van der Waals surface area contributed by atoms with Gasteiger partial charge in [-0.05, 0) is 70.6 Å². The lowest BCUT2D eigenvalue weighted by Crippen LogP contribution is -2.45. The molecular weight excluding hydrogens is 984 g/mol. The smallest absolute Gasteiger partial charge is 0.387 e. The molecule has 0 fully saturated rings. The van der Waals surface area contributed by atoms with Crippen LogP contribution in [0.15, 0.2) is 85.1 Å². The average molecular weight is 1110 g/mol. The highest BCUT2D eigenvalue weighted by atomic mass is 31.2. The first-order valence-electron chi connectivity index (χ1n) is 33.0. The van der Waals surface area contributed by atoms with Crippen molar-refractivity contribution in [3.8, 4) is 0 Å². The molecular formula is C69H128N2O6P+. The van der Waals surface area contributed by atoms with Crippen LogP contribution in [0, 0.1) is 0 Å². The highest BCUT2D eigenvalue weighted by molar-refractivity contribution is 7.47. The van der Waals surface area contributed by atoms with E-state index in [0.29, 0.717) is 17.4 Å². The van der Waals surface area contributed by atoms with Crippen molar-refractivity contribution in [3.63, 3.8) is 0 Å². The molecule has 9 heteroatoms. The fourth-order valence-electron chi connectivity index (χ4n) is 9.52. The van der Waals surface area contributed by atoms with Crippen LogP contribution in [0.2, 0.25) is 0 Å². The Morgan fingerprint density at radius 2 is 0.769 bits per heavy atom. The van der Waals surface area contributed by atoms with Crippen molar-refractivity contribution in [2.75, 3.05) is 40.9 Å². The molecule has 78 heavy (non-hydrogen) atoms. The number of nitrogens with one attached hydrogen (secondary N) is 1. The lowest BCUT2D eigenvalue weighted by Gasteiger charge is -2.25. The molecule has 0 saturated heterocycles. The maximum absolute atomic E-state index is 13.0. The monoisotopic (exact) mass is 1110 g/mol. The number of nitrogens with zero attached hydrogens (tertiary/aromatic N) is 1. The fourth-order valence-corrected chi connectivity index (χ4v) is 10.3. The standard InChI is InChI=1S/C69H127N2O6P/c1-6-8-10-12-14-16-18-20-22-24-25-26-27-28-29-30-31-32-33-34-35-36-37-38-39-40-41-42-43-44-45-47-49-51-53-55-57-59-61-63-69(73)70-67(66-77-78(74,75)76-65-64-71(3,4)5)68(72)62-60-58-56-54-52-50-48-46-23-21-19-17-15-13-11-9-7-2/h8,10,14,16,20,22,25-26,28-29,31-32,60,62,67-68,72H,6-7,9,11-13,15,17-19,21,23-24,27,30,33-59,61,63-66H2,1-5H3,(H-,70,73,74,75)/p+1/b10-8-,16-14-,22-20-,26-25-,29-28-,32-31-,62-60+. The fraction of sp³-hybridized carbons (Fsp3) is 0.783. The molecule has 1 amide bonds. The molecule has 8 nitrogen and oxygen atoms in total. The SMILES string of the molecule is CC/C=C\C/C=C\C/C=C\C/C=C\C/C=C\C/C=C\CCCCCCCCCCCCCCCCCCCCCCC(=O)NC(COP(=O)(O)OCC[N+](C)(C)C)C(O)/C=C/CCCCCCCCCCCCCCCCC. The third-order valence-corrected chi connectivity index (χ3v) is 15.6. The molecule has 0 aliphatic heterocycles. The van der Waals surface area contributed by atoms with Gasteiger partial charge in [-0.3, -0.25) is 13.8 Å². The molecule has 3 atom stereocenters. The van der Waals surface area contributed by atoms with Crippen molar-refractivity contribution in [2.24, 2.45) is 0 Å². The molecule has 0 aromatic carbocycles. The number of amides is 1. The van der Waals surface area contributed by atoms with Gasteiger partial charge >= 0.3 is 7.82 Å². The number of likely N-dealkylation sites (N-methyl/N-ethyl adjacent to an activating group) is 1. The van der Waals surface area contributed by atoms with E-state index in [0.717, 1.165) is 77.0 Å². The van der Waals surface area contributed by atoms with E-state index in [1.807, 2.05) is 27.2 Å². The van der Waals surface area contributed by atoms with Crippen LogP contribution in [0.3, 0.4) is 0 Å². The Morgan fingerprint density at radius 3 is 1.13 bits per heavy atom. The number of phosphoric ester groups is 1. The van der Waals surface area contributed by atoms with Gasteiger partial charge in [-0.1, -0.05) is 304 Å². The summed E-state index contributed by atoms with van der Waals surface area (Å²) in [6.07, 6.45) is 84.3. The summed E-state index contributed by atoms with van der Waals surface area (Å²) in [5.41, 5.74) is 0. The van der Waals surface area contributed by atoms with E-state index in [-0.39, 0.29) is 19.1 Å². The maximum Gasteiger partial charge on any atom is 0.472 e. The Kier molecular flexibility index (Phi) is 57.5. The second-order valence-electron chi connectivity index (χ2n) is 23.5. The van der Waals surface area contributed by atoms with Crippen LogP contribution in [-0.4, -0.2) is 73.4 Å². The molecule has 0 spiro atoms. The number of allylic oxidation sites excluding steroid dienone is 13. The second-order valence-corrected chi connectivity index (χ2v) is 24.9. The summed E-state index contributed by atoms with van der Waals surface area (Å²) in [6.45, 7) is 4.73. The molecule has 0 heterocycles. The van der Waals surface area contributed by atoms with E-state index in [4.69, 9.17) is 9.05 Å². The van der Waals surface area contributed by atoms with Crippen molar-refractivity contribution in [3.05, 3.63) is 85.1 Å². The van der Waals surface area contributed by atoms with Gasteiger partial charge in [0.2, 0.25) is 5.91 Å². The van der Waals surface area contributed by atoms with E-state index in [9.17, 15) is 19.4 Å². The van der Waals surface area contributed by atoms with Gasteiger partial charge in [0, 0.05) is 6.42 Å². The molecule has 3 unspecified atom stereocenters. The molecule has 0 bridgehead atoms. The number of carbonyl (C=O) groups is 1. The average Bonchev–Trinajstić information content (AvgIpc) is 3.40. The van der Waals surface area contributed by atoms with Gasteiger partial charge in [0.1, 0.15) is 13.2 Å². The Balaban J connectivity index is 3.98. The molecule has 0 aromatic rings. The summed E-state index contributed by atoms with van der Waals surface area (Å²) >= 11 is 0. The third kappa shape index (κ3) is 61.3. The van der Waals surface area contributed by atoms with Crippen LogP contribution in [0.25, 0.3) is 0 Å². The molecule has 0 radical (unpaired) electrons. The van der Waals surface area contributed by atoms with Crippen LogP contribution in [0.1, 0.15) is 296 Å². The summed E-state index contributed by atoms with van der Waals surface area (Å²) in [4.78, 5) is 23.4. The first-order chi connectivity index (χ1) is 38.0. The molecule has 0 aromatic heterocycles. The number of phosphoric acid groups is 1. The minimum absolute atomic E-state index is 0.0611. The maximum atomic E-state index is 13.0. The molecule has 0 rings (SSSR count). The van der Waals surface area contributed by atoms with Crippen molar-refractivity contribution in [1.82, 2.24) is 5.32 Å². The van der Waals surface area contributed by atoms with Crippen LogP contribution >= 0.6 is 7.82 Å². The van der Waals surface area contributed by atoms with E-state index in [1.165, 1.54) is 199 Å². The molecule has 454 valence electrons. The van der Waals surface area contributed by atoms with Crippen LogP contribution in [0.4, 0.5) is 0 Å². The van der Waals surface area contributed by atoms with Gasteiger partial charge in [-0.2, -0.15) is 0 Å². The summed E-state index contributed by atoms with van der Waals surface area (Å²) < 4.78 is 23.8. The molecule has 3 N–H and O–H groups in total. The first-order valence-corrected chi connectivity index (χ1v) is 34.5. The van der Waals surface area contributed by atoms with Gasteiger partial charge in [0.05, 0.1) is 39.9 Å². The van der Waals surface area contributed by atoms with Crippen LogP contribution in [0.5, 0.6) is 0 Å². The normalized spacial score (nSPS) is 14.3. The molecule has 0 saturated carbocycles. The number of hydrogen-bond acceptors (Lipinski definition) is 5. The first kappa shape index (κ1) is 75.7. The van der Waals surface area contributed by atoms with E-state index >= 15 is 0 Å². The zero-order valence-electron chi connectivity index (χ0n) is 51.9. The summed E-state index contributed by atoms with van der Waals surface area (Å²) in [5.74, 6) is -0.174. The minimum Gasteiger partial charge on any atom is -0.387 e. The van der Waals surface area contributed by atoms with E-state index < -0.39 is 20.0 Å². The zero-order valence-corrected chi connectivity index (χ0v) is 52.8. The Hall–Kier alpha value is -2.32. The summed E-state index contributed by atoms with van der Waals surface area (Å²) in [6, 6.07) is -0.848. The quantitative estimate of drug-likeness (QED) is 0.0243. The third-order valence-electron chi connectivity index (χ3n) is 14.6. The number of unbranched alkanes of at least 4 members (excludes halogenated alkanes) is 35. The Labute approximate surface area is 484 Å². The number of hydrogen-bond donors (Lipinski definition) is 3. The van der Waals surface area contributed by atoms with Gasteiger partial charge < -0.3 is 19.8 Å². The predicted molar refractivity (Wildman–Crippen MR) is 341 cm³/mol. The molecule has 0 aliphatic carbocycles. The summed E-state index contributed by atoms with van der Waals surface area (Å²) in [7, 11) is 1.58. The number of aliphatic hydroxyl groups excluding tert-OH is 1. The van der Waals surface area contributed by atoms with Crippen molar-refractivity contribution >= 4 is 13.7 Å². The van der Waals surface area contributed by atoms with Crippen molar-refractivity contribution in [1.29, 1.82) is 0 Å². The number of quaternary nitrogens is 1. The second kappa shape index (κ2) is 59.3. The van der Waals surface area contributed by atoms with Gasteiger partial charge in [0.25, 0.3) is 0 Å². The molecule has 0 aliphatic rings. The Bertz CT molecular complexity index is 1550. The summed E-state index contributed by atoms with van der Waals surface area (Å²) in [5, 5.41) is 14.0. The zero-order chi connectivity index (χ0) is 57.0. The number of rotatable bonds is 60. The highest BCUT2D eigenvalue weighted by Gasteiger charge is 2.28. The number of aliphatic hydroxyl groups is 1.